The zero-order valence-electron chi connectivity index (χ0n) is 20.7. The molecule has 0 radical (unpaired) electrons. The van der Waals surface area contributed by atoms with Gasteiger partial charge in [0.05, 0.1) is 12.3 Å². The fourth-order valence-corrected chi connectivity index (χ4v) is 3.38. The molecule has 1 N–H and O–H groups in total. The molecule has 40 heavy (non-hydrogen) atoms. The molecule has 0 aromatic rings. The van der Waals surface area contributed by atoms with E-state index in [9.17, 15) is 62.3 Å². The maximum absolute atomic E-state index is 13.9. The highest BCUT2D eigenvalue weighted by molar-refractivity contribution is 7.94. The van der Waals surface area contributed by atoms with E-state index >= 15 is 0 Å². The third kappa shape index (κ3) is 9.17. The van der Waals surface area contributed by atoms with Crippen molar-refractivity contribution in [1.82, 2.24) is 0 Å². The molecule has 0 amide bonds. The van der Waals surface area contributed by atoms with Crippen LogP contribution in [0.4, 0.5) is 52.7 Å². The van der Waals surface area contributed by atoms with Crippen LogP contribution >= 0.6 is 12.0 Å². The van der Waals surface area contributed by atoms with Crippen molar-refractivity contribution in [2.75, 3.05) is 12.4 Å². The molecule has 0 saturated carbocycles. The highest BCUT2D eigenvalue weighted by atomic mass is 32.2. The van der Waals surface area contributed by atoms with Gasteiger partial charge in [0, 0.05) is 17.8 Å². The van der Waals surface area contributed by atoms with E-state index in [1.807, 2.05) is 6.92 Å². The van der Waals surface area contributed by atoms with E-state index in [1.165, 1.54) is 0 Å². The van der Waals surface area contributed by atoms with Gasteiger partial charge in [-0.2, -0.15) is 43.9 Å². The molecule has 2 atom stereocenters. The topological polar surface area (TPSA) is 91.3 Å². The van der Waals surface area contributed by atoms with E-state index in [4.69, 9.17) is 9.99 Å². The second-order valence-corrected chi connectivity index (χ2v) is 9.01. The molecular formula is C20H26F12O7S. The third-order valence-electron chi connectivity index (χ3n) is 5.32. The molecule has 2 unspecified atom stereocenters. The Hall–Kier alpha value is -1.67. The average Bonchev–Trinajstić information content (AvgIpc) is 2.85. The van der Waals surface area contributed by atoms with Crippen LogP contribution in [0.1, 0.15) is 52.4 Å². The number of rotatable bonds is 20. The molecule has 0 fully saturated rings. The highest BCUT2D eigenvalue weighted by Gasteiger charge is 2.87. The van der Waals surface area contributed by atoms with Crippen molar-refractivity contribution in [1.29, 1.82) is 0 Å². The molecule has 0 rings (SSSR count). The summed E-state index contributed by atoms with van der Waals surface area (Å²) < 4.78 is 172. The second kappa shape index (κ2) is 15.5. The first-order valence-electron chi connectivity index (χ1n) is 11.3. The average molecular weight is 638 g/mol. The lowest BCUT2D eigenvalue weighted by Crippen LogP contribution is -2.69. The number of hydrogen-bond acceptors (Lipinski definition) is 8. The van der Waals surface area contributed by atoms with Crippen molar-refractivity contribution in [3.63, 3.8) is 0 Å². The minimum absolute atomic E-state index is 0.163. The van der Waals surface area contributed by atoms with Crippen molar-refractivity contribution < 1.29 is 86.4 Å². The molecule has 0 heterocycles. The van der Waals surface area contributed by atoms with Crippen LogP contribution in [0.2, 0.25) is 0 Å². The lowest BCUT2D eigenvalue weighted by atomic mass is 9.94. The van der Waals surface area contributed by atoms with Gasteiger partial charge in [0.2, 0.25) is 0 Å². The van der Waals surface area contributed by atoms with Crippen LogP contribution in [0.5, 0.6) is 0 Å². The summed E-state index contributed by atoms with van der Waals surface area (Å²) in [5.41, 5.74) is 0. The van der Waals surface area contributed by atoms with Gasteiger partial charge in [0.15, 0.2) is 6.61 Å². The minimum Gasteiger partial charge on any atom is -0.462 e. The van der Waals surface area contributed by atoms with E-state index in [-0.39, 0.29) is 12.0 Å². The molecule has 238 valence electrons. The molecule has 0 aromatic heterocycles. The summed E-state index contributed by atoms with van der Waals surface area (Å²) in [4.78, 5) is 24.4. The zero-order chi connectivity index (χ0) is 31.6. The Bertz CT molecular complexity index is 802. The zero-order valence-corrected chi connectivity index (χ0v) is 21.5. The van der Waals surface area contributed by atoms with E-state index in [0.29, 0.717) is 19.3 Å². The van der Waals surface area contributed by atoms with Gasteiger partial charge in [-0.25, -0.2) is 14.0 Å². The molecule has 20 heteroatoms. The molecule has 0 aliphatic rings. The number of unbranched alkanes of at least 4 members (excludes halogenated alkanes) is 2. The predicted octanol–water partition coefficient (Wildman–Crippen LogP) is 6.95. The monoisotopic (exact) mass is 638 g/mol. The Morgan fingerprint density at radius 2 is 1.45 bits per heavy atom. The number of ether oxygens (including phenoxy) is 2. The van der Waals surface area contributed by atoms with Gasteiger partial charge in [-0.15, -0.1) is 4.33 Å². The SMILES string of the molecule is CCCCCC(CC)OC(=O)C(CSOOO)CC(=O)OCC(F)(F)C(F)(F)C(F)(F)C(F)(F)C(F)(F)C(F)F. The standard InChI is InChI=1S/C20H26F12O7S/c1-3-5-6-7-12(4-2)37-14(34)11(9-40-39-38-35)8-13(33)36-10-16(23,24)18(27,28)20(31,32)19(29,30)17(25,26)15(21)22/h11-12,15,35H,3-10H2,1-2H3. The van der Waals surface area contributed by atoms with Crippen molar-refractivity contribution in [3.05, 3.63) is 0 Å². The van der Waals surface area contributed by atoms with Gasteiger partial charge in [-0.3, -0.25) is 9.59 Å². The van der Waals surface area contributed by atoms with Crippen molar-refractivity contribution >= 4 is 24.0 Å². The molecule has 0 aliphatic heterocycles. The fraction of sp³-hybridized carbons (Fsp3) is 0.900. The Morgan fingerprint density at radius 3 is 1.93 bits per heavy atom. The van der Waals surface area contributed by atoms with E-state index in [1.54, 1.807) is 6.92 Å². The number of esters is 2. The van der Waals surface area contributed by atoms with Crippen LogP contribution < -0.4 is 0 Å². The Balaban J connectivity index is 5.63. The van der Waals surface area contributed by atoms with Gasteiger partial charge in [-0.05, 0) is 19.3 Å². The molecule has 7 nitrogen and oxygen atoms in total. The second-order valence-electron chi connectivity index (χ2n) is 8.30. The van der Waals surface area contributed by atoms with Gasteiger partial charge in [0.25, 0.3) is 0 Å². The Labute approximate surface area is 223 Å². The summed E-state index contributed by atoms with van der Waals surface area (Å²) in [5.74, 6) is -42.0. The van der Waals surface area contributed by atoms with Gasteiger partial charge in [0.1, 0.15) is 6.10 Å². The van der Waals surface area contributed by atoms with Crippen LogP contribution in [-0.4, -0.2) is 71.7 Å². The van der Waals surface area contributed by atoms with E-state index in [2.05, 4.69) is 14.1 Å². The first kappa shape index (κ1) is 38.3. The van der Waals surface area contributed by atoms with Crippen LogP contribution in [0.3, 0.4) is 0 Å². The number of carbonyl (C=O) groups excluding carboxylic acids is 2. The van der Waals surface area contributed by atoms with E-state index < -0.39 is 78.8 Å². The molecule has 0 aliphatic carbocycles. The summed E-state index contributed by atoms with van der Waals surface area (Å²) >= 11 is 0.163. The smallest absolute Gasteiger partial charge is 0.384 e. The van der Waals surface area contributed by atoms with Crippen molar-refractivity contribution in [3.8, 4) is 0 Å². The Morgan fingerprint density at radius 1 is 0.875 bits per heavy atom. The van der Waals surface area contributed by atoms with Gasteiger partial charge >= 0.3 is 48.0 Å². The fourth-order valence-electron chi connectivity index (χ4n) is 2.87. The van der Waals surface area contributed by atoms with Crippen molar-refractivity contribution in [2.45, 2.75) is 94.5 Å². The first-order valence-corrected chi connectivity index (χ1v) is 12.2. The third-order valence-corrected chi connectivity index (χ3v) is 6.01. The molecular weight excluding hydrogens is 612 g/mol. The molecule has 0 spiro atoms. The molecule has 0 aromatic carbocycles. The normalized spacial score (nSPS) is 15.2. The molecule has 0 bridgehead atoms. The highest BCUT2D eigenvalue weighted by Crippen LogP contribution is 2.58. The Kier molecular flexibility index (Phi) is 14.9. The van der Waals surface area contributed by atoms with Gasteiger partial charge in [-0.1, -0.05) is 31.7 Å². The summed E-state index contributed by atoms with van der Waals surface area (Å²) in [6, 6.07) is 0. The minimum atomic E-state index is -7.77. The first-order chi connectivity index (χ1) is 18.2. The summed E-state index contributed by atoms with van der Waals surface area (Å²) in [7, 11) is 0. The van der Waals surface area contributed by atoms with Crippen LogP contribution in [0.25, 0.3) is 0 Å². The van der Waals surface area contributed by atoms with Crippen LogP contribution in [-0.2, 0) is 28.4 Å². The van der Waals surface area contributed by atoms with E-state index in [0.717, 1.165) is 12.8 Å². The van der Waals surface area contributed by atoms with Crippen molar-refractivity contribution in [2.24, 2.45) is 5.92 Å². The van der Waals surface area contributed by atoms with Crippen LogP contribution in [0, 0.1) is 5.92 Å². The largest absolute Gasteiger partial charge is 0.462 e. The number of halogens is 12. The lowest BCUT2D eigenvalue weighted by Gasteiger charge is -2.38. The maximum atomic E-state index is 13.9. The summed E-state index contributed by atoms with van der Waals surface area (Å²) in [5, 5.41) is 11.4. The van der Waals surface area contributed by atoms with Gasteiger partial charge < -0.3 is 9.47 Å². The quantitative estimate of drug-likeness (QED) is 0.0383. The lowest BCUT2D eigenvalue weighted by molar-refractivity contribution is -0.432. The number of hydrogen-bond donors (Lipinski definition) is 1. The predicted molar refractivity (Wildman–Crippen MR) is 111 cm³/mol. The van der Waals surface area contributed by atoms with Crippen LogP contribution in [0.15, 0.2) is 0 Å². The maximum Gasteiger partial charge on any atom is 0.384 e. The summed E-state index contributed by atoms with van der Waals surface area (Å²) in [6.45, 7) is 0.410. The molecule has 0 saturated heterocycles. The summed E-state index contributed by atoms with van der Waals surface area (Å²) in [6.07, 6.45) is -4.73. The number of alkyl halides is 12. The number of carbonyl (C=O) groups is 2.